The molecule has 1 unspecified atom stereocenters. The molecule has 2 aromatic heterocycles. The van der Waals surface area contributed by atoms with E-state index < -0.39 is 0 Å². The minimum absolute atomic E-state index is 0.149. The Balaban J connectivity index is 1.17. The van der Waals surface area contributed by atoms with E-state index in [0.717, 1.165) is 17.1 Å². The maximum atomic E-state index is 13.3. The zero-order chi connectivity index (χ0) is 24.5. The van der Waals surface area contributed by atoms with Gasteiger partial charge in [-0.15, -0.1) is 0 Å². The lowest BCUT2D eigenvalue weighted by Gasteiger charge is -2.14. The van der Waals surface area contributed by atoms with E-state index >= 15 is 0 Å². The number of rotatable bonds is 6. The van der Waals surface area contributed by atoms with E-state index in [0.29, 0.717) is 27.6 Å². The van der Waals surface area contributed by atoms with Gasteiger partial charge in [0.25, 0.3) is 5.56 Å². The first-order valence-corrected chi connectivity index (χ1v) is 12.5. The number of fused-ring (bicyclic) bond motifs is 2. The van der Waals surface area contributed by atoms with Crippen molar-refractivity contribution in [3.63, 3.8) is 0 Å². The summed E-state index contributed by atoms with van der Waals surface area (Å²) in [5, 5.41) is 11.7. The standard InChI is InChI=1S/C27H22N6O2S/c34-24(30-20-13-11-19(12-14-20)29-18-7-3-1-4-8-18)15-22-17-36-27-31-25-23(26(35)32(22)27)16-28-33(25)21-9-5-2-6-10-21/h1-14,16,22,29H,15,17H2,(H,30,34). The summed E-state index contributed by atoms with van der Waals surface area (Å²) in [5.41, 5.74) is 3.82. The molecule has 0 saturated carbocycles. The number of nitrogens with zero attached hydrogens (tertiary/aromatic N) is 4. The molecule has 0 aliphatic carbocycles. The minimum Gasteiger partial charge on any atom is -0.356 e. The van der Waals surface area contributed by atoms with Crippen LogP contribution in [-0.4, -0.2) is 31.0 Å². The Morgan fingerprint density at radius 2 is 1.58 bits per heavy atom. The zero-order valence-corrected chi connectivity index (χ0v) is 20.0. The molecule has 5 aromatic rings. The lowest BCUT2D eigenvalue weighted by molar-refractivity contribution is -0.116. The molecule has 36 heavy (non-hydrogen) atoms. The lowest BCUT2D eigenvalue weighted by atomic mass is 10.2. The molecule has 3 aromatic carbocycles. The average Bonchev–Trinajstić information content (AvgIpc) is 3.51. The predicted octanol–water partition coefficient (Wildman–Crippen LogP) is 5.00. The van der Waals surface area contributed by atoms with Crippen molar-refractivity contribution in [3.8, 4) is 5.69 Å². The number of hydrogen-bond acceptors (Lipinski definition) is 6. The number of hydrogen-bond donors (Lipinski definition) is 2. The third-order valence-corrected chi connectivity index (χ3v) is 7.12. The number of amides is 1. The summed E-state index contributed by atoms with van der Waals surface area (Å²) in [7, 11) is 0. The van der Waals surface area contributed by atoms with Crippen LogP contribution in [0.1, 0.15) is 12.5 Å². The maximum absolute atomic E-state index is 13.3. The van der Waals surface area contributed by atoms with Gasteiger partial charge in [0.05, 0.1) is 17.9 Å². The van der Waals surface area contributed by atoms with Crippen molar-refractivity contribution in [2.75, 3.05) is 16.4 Å². The fourth-order valence-electron chi connectivity index (χ4n) is 4.29. The summed E-state index contributed by atoms with van der Waals surface area (Å²) >= 11 is 1.49. The van der Waals surface area contributed by atoms with E-state index in [1.807, 2.05) is 84.9 Å². The highest BCUT2D eigenvalue weighted by Gasteiger charge is 2.29. The number of benzene rings is 3. The fraction of sp³-hybridized carbons (Fsp3) is 0.111. The van der Waals surface area contributed by atoms with Crippen molar-refractivity contribution >= 4 is 45.8 Å². The first-order valence-electron chi connectivity index (χ1n) is 11.6. The summed E-state index contributed by atoms with van der Waals surface area (Å²) in [6, 6.07) is 26.8. The SMILES string of the molecule is O=C(CC1CSc2nc3c(cnn3-c3ccccc3)c(=O)n21)Nc1ccc(Nc2ccccc2)cc1. The van der Waals surface area contributed by atoms with Crippen LogP contribution >= 0.6 is 11.8 Å². The fourth-order valence-corrected chi connectivity index (χ4v) is 5.42. The Labute approximate surface area is 211 Å². The predicted molar refractivity (Wildman–Crippen MR) is 142 cm³/mol. The molecule has 0 spiro atoms. The summed E-state index contributed by atoms with van der Waals surface area (Å²) in [6.45, 7) is 0. The molecular weight excluding hydrogens is 472 g/mol. The van der Waals surface area contributed by atoms with Crippen LogP contribution in [0.25, 0.3) is 16.7 Å². The molecule has 0 fully saturated rings. The van der Waals surface area contributed by atoms with E-state index in [2.05, 4.69) is 15.7 Å². The van der Waals surface area contributed by atoms with Crippen molar-refractivity contribution in [2.45, 2.75) is 17.6 Å². The Bertz CT molecular complexity index is 1600. The van der Waals surface area contributed by atoms with Crippen molar-refractivity contribution in [1.29, 1.82) is 0 Å². The summed E-state index contributed by atoms with van der Waals surface area (Å²) in [4.78, 5) is 30.9. The molecular formula is C27H22N6O2S. The number of carbonyl (C=O) groups is 1. The monoisotopic (exact) mass is 494 g/mol. The smallest absolute Gasteiger partial charge is 0.265 e. The van der Waals surface area contributed by atoms with Crippen LogP contribution in [0.3, 0.4) is 0 Å². The molecule has 1 atom stereocenters. The third kappa shape index (κ3) is 4.25. The Morgan fingerprint density at radius 1 is 0.917 bits per heavy atom. The van der Waals surface area contributed by atoms with E-state index in [1.165, 1.54) is 11.8 Å². The Hall–Kier alpha value is -4.37. The van der Waals surface area contributed by atoms with E-state index in [9.17, 15) is 9.59 Å². The molecule has 1 aliphatic rings. The van der Waals surface area contributed by atoms with E-state index in [4.69, 9.17) is 4.98 Å². The number of nitrogens with one attached hydrogen (secondary N) is 2. The second kappa shape index (κ2) is 9.35. The van der Waals surface area contributed by atoms with Crippen LogP contribution in [0.2, 0.25) is 0 Å². The molecule has 3 heterocycles. The quantitative estimate of drug-likeness (QED) is 0.323. The summed E-state index contributed by atoms with van der Waals surface area (Å²) in [5.74, 6) is 0.463. The highest BCUT2D eigenvalue weighted by molar-refractivity contribution is 7.99. The van der Waals surface area contributed by atoms with Gasteiger partial charge in [0.15, 0.2) is 10.8 Å². The first kappa shape index (κ1) is 22.1. The number of thioether (sulfide) groups is 1. The van der Waals surface area contributed by atoms with Gasteiger partial charge in [-0.25, -0.2) is 9.67 Å². The number of carbonyl (C=O) groups excluding carboxylic acids is 1. The van der Waals surface area contributed by atoms with Gasteiger partial charge in [0.1, 0.15) is 5.39 Å². The molecule has 0 saturated heterocycles. The first-order chi connectivity index (χ1) is 17.7. The van der Waals surface area contributed by atoms with Gasteiger partial charge in [0, 0.05) is 29.2 Å². The highest BCUT2D eigenvalue weighted by Crippen LogP contribution is 2.33. The molecule has 178 valence electrons. The number of aromatic nitrogens is 4. The largest absolute Gasteiger partial charge is 0.356 e. The lowest BCUT2D eigenvalue weighted by Crippen LogP contribution is -2.27. The van der Waals surface area contributed by atoms with E-state index in [-0.39, 0.29) is 23.9 Å². The van der Waals surface area contributed by atoms with Crippen LogP contribution in [0.15, 0.2) is 101 Å². The summed E-state index contributed by atoms with van der Waals surface area (Å²) in [6.07, 6.45) is 1.74. The van der Waals surface area contributed by atoms with Gasteiger partial charge < -0.3 is 10.6 Å². The Kier molecular flexibility index (Phi) is 5.74. The van der Waals surface area contributed by atoms with Crippen LogP contribution in [0, 0.1) is 0 Å². The Morgan fingerprint density at radius 3 is 2.33 bits per heavy atom. The van der Waals surface area contributed by atoms with Crippen molar-refractivity contribution < 1.29 is 4.79 Å². The molecule has 8 nitrogen and oxygen atoms in total. The molecule has 1 aliphatic heterocycles. The number of anilines is 3. The van der Waals surface area contributed by atoms with Crippen molar-refractivity contribution in [1.82, 2.24) is 19.3 Å². The second-order valence-corrected chi connectivity index (χ2v) is 9.47. The summed E-state index contributed by atoms with van der Waals surface area (Å²) < 4.78 is 3.31. The van der Waals surface area contributed by atoms with Crippen molar-refractivity contribution in [3.05, 3.63) is 101 Å². The molecule has 6 rings (SSSR count). The normalized spacial score (nSPS) is 14.5. The molecule has 0 bridgehead atoms. The van der Waals surface area contributed by atoms with Crippen molar-refractivity contribution in [2.24, 2.45) is 0 Å². The van der Waals surface area contributed by atoms with Gasteiger partial charge in [0.2, 0.25) is 5.91 Å². The van der Waals surface area contributed by atoms with Crippen LogP contribution < -0.4 is 16.2 Å². The van der Waals surface area contributed by atoms with Gasteiger partial charge in [-0.3, -0.25) is 14.2 Å². The van der Waals surface area contributed by atoms with Gasteiger partial charge in [-0.2, -0.15) is 5.10 Å². The van der Waals surface area contributed by atoms with Gasteiger partial charge in [-0.1, -0.05) is 48.2 Å². The maximum Gasteiger partial charge on any atom is 0.265 e. The zero-order valence-electron chi connectivity index (χ0n) is 19.2. The molecule has 9 heteroatoms. The van der Waals surface area contributed by atoms with Crippen LogP contribution in [0.5, 0.6) is 0 Å². The molecule has 1 amide bonds. The highest BCUT2D eigenvalue weighted by atomic mass is 32.2. The molecule has 2 N–H and O–H groups in total. The second-order valence-electron chi connectivity index (χ2n) is 8.48. The van der Waals surface area contributed by atoms with Gasteiger partial charge >= 0.3 is 0 Å². The van der Waals surface area contributed by atoms with Crippen LogP contribution in [0.4, 0.5) is 17.1 Å². The van der Waals surface area contributed by atoms with E-state index in [1.54, 1.807) is 15.4 Å². The third-order valence-electron chi connectivity index (χ3n) is 6.02. The number of para-hydroxylation sites is 2. The topological polar surface area (TPSA) is 93.8 Å². The van der Waals surface area contributed by atoms with Gasteiger partial charge in [-0.05, 0) is 48.5 Å². The van der Waals surface area contributed by atoms with Crippen LogP contribution in [-0.2, 0) is 4.79 Å². The molecule has 0 radical (unpaired) electrons. The average molecular weight is 495 g/mol. The minimum atomic E-state index is -0.270.